The molecule has 2 atom stereocenters. The molecule has 2 heterocycles. The lowest BCUT2D eigenvalue weighted by Gasteiger charge is -2.38. The van der Waals surface area contributed by atoms with E-state index >= 15 is 0 Å². The summed E-state index contributed by atoms with van der Waals surface area (Å²) in [6.45, 7) is 0. The molecule has 1 aromatic carbocycles. The normalized spacial score (nSPS) is 29.0. The molecule has 2 aliphatic rings. The summed E-state index contributed by atoms with van der Waals surface area (Å²) in [7, 11) is 1.48. The molecule has 2 unspecified atom stereocenters. The van der Waals surface area contributed by atoms with Crippen LogP contribution in [0.3, 0.4) is 0 Å². The number of ether oxygens (including phenoxy) is 1. The maximum absolute atomic E-state index is 14.0. The smallest absolute Gasteiger partial charge is 0.172 e. The third-order valence-electron chi connectivity index (χ3n) is 4.34. The van der Waals surface area contributed by atoms with Gasteiger partial charge in [-0.05, 0) is 37.8 Å². The Labute approximate surface area is 123 Å². The molecule has 0 aliphatic carbocycles. The second-order valence-electron chi connectivity index (χ2n) is 5.66. The summed E-state index contributed by atoms with van der Waals surface area (Å²) in [4.78, 5) is 12.7. The van der Waals surface area contributed by atoms with E-state index in [4.69, 9.17) is 4.74 Å². The number of rotatable bonds is 3. The molecule has 0 saturated carbocycles. The van der Waals surface area contributed by atoms with Gasteiger partial charge in [-0.3, -0.25) is 4.79 Å². The van der Waals surface area contributed by atoms with E-state index in [9.17, 15) is 9.18 Å². The van der Waals surface area contributed by atoms with Gasteiger partial charge >= 0.3 is 0 Å². The van der Waals surface area contributed by atoms with Gasteiger partial charge < -0.3 is 4.74 Å². The summed E-state index contributed by atoms with van der Waals surface area (Å²) < 4.78 is 19.2. The van der Waals surface area contributed by atoms with Crippen LogP contribution >= 0.6 is 11.8 Å². The maximum Gasteiger partial charge on any atom is 0.172 e. The van der Waals surface area contributed by atoms with Crippen molar-refractivity contribution in [1.82, 2.24) is 0 Å². The number of carbonyl (C=O) groups excluding carboxylic acids is 1. The number of Topliss-reactive ketones (excluding diaryl/α,β-unsaturated/α-hetero) is 1. The Hall–Kier alpha value is -1.03. The van der Waals surface area contributed by atoms with Crippen LogP contribution in [0.5, 0.6) is 5.75 Å². The molecule has 2 aliphatic heterocycles. The van der Waals surface area contributed by atoms with Crippen LogP contribution in [0, 0.1) is 11.7 Å². The first-order valence-corrected chi connectivity index (χ1v) is 8.15. The van der Waals surface area contributed by atoms with E-state index in [1.165, 1.54) is 32.4 Å². The Morgan fingerprint density at radius 2 is 2.00 bits per heavy atom. The van der Waals surface area contributed by atoms with Gasteiger partial charge in [0.05, 0.1) is 12.7 Å². The molecule has 0 spiro atoms. The van der Waals surface area contributed by atoms with E-state index in [0.29, 0.717) is 16.2 Å². The first kappa shape index (κ1) is 13.9. The molecule has 4 heteroatoms. The summed E-state index contributed by atoms with van der Waals surface area (Å²) in [5.41, 5.74) is 0.143. The molecule has 0 amide bonds. The molecule has 2 fully saturated rings. The molecule has 3 rings (SSSR count). The topological polar surface area (TPSA) is 26.3 Å². The number of ketones is 1. The zero-order valence-electron chi connectivity index (χ0n) is 11.6. The van der Waals surface area contributed by atoms with Crippen LogP contribution in [-0.4, -0.2) is 23.4 Å². The van der Waals surface area contributed by atoms with Crippen LogP contribution in [0.25, 0.3) is 0 Å². The van der Waals surface area contributed by atoms with Crippen molar-refractivity contribution >= 4 is 17.5 Å². The fourth-order valence-electron chi connectivity index (χ4n) is 3.39. The van der Waals surface area contributed by atoms with Crippen LogP contribution in [0.2, 0.25) is 0 Å². The predicted molar refractivity (Wildman–Crippen MR) is 79.0 cm³/mol. The van der Waals surface area contributed by atoms with Gasteiger partial charge in [0.15, 0.2) is 5.78 Å². The minimum Gasteiger partial charge on any atom is -0.496 e. The van der Waals surface area contributed by atoms with Crippen LogP contribution in [-0.2, 0) is 0 Å². The fourth-order valence-corrected chi connectivity index (χ4v) is 5.23. The monoisotopic (exact) mass is 294 g/mol. The second-order valence-corrected chi connectivity index (χ2v) is 7.27. The van der Waals surface area contributed by atoms with Gasteiger partial charge in [0.2, 0.25) is 0 Å². The Balaban J connectivity index is 1.86. The first-order valence-electron chi connectivity index (χ1n) is 7.21. The number of hydrogen-bond donors (Lipinski definition) is 0. The minimum absolute atomic E-state index is 0.0441. The standard InChI is InChI=1S/C16H19FO2S/c1-19-14-7-3-6-13(17)15(14)16(18)10-8-11-4-2-5-12(9-10)20-11/h3,6-7,10-12H,2,4-5,8-9H2,1H3. The van der Waals surface area contributed by atoms with Crippen molar-refractivity contribution in [3.8, 4) is 5.75 Å². The largest absolute Gasteiger partial charge is 0.496 e. The summed E-state index contributed by atoms with van der Waals surface area (Å²) >= 11 is 2.03. The van der Waals surface area contributed by atoms with Gasteiger partial charge in [0.25, 0.3) is 0 Å². The molecule has 2 saturated heterocycles. The number of benzene rings is 1. The van der Waals surface area contributed by atoms with E-state index in [1.54, 1.807) is 12.1 Å². The van der Waals surface area contributed by atoms with E-state index < -0.39 is 5.82 Å². The van der Waals surface area contributed by atoms with Gasteiger partial charge in [-0.25, -0.2) is 4.39 Å². The molecule has 1 aromatic rings. The number of fused-ring (bicyclic) bond motifs is 2. The highest BCUT2D eigenvalue weighted by atomic mass is 32.2. The molecular formula is C16H19FO2S. The van der Waals surface area contributed by atoms with Crippen LogP contribution in [0.1, 0.15) is 42.5 Å². The van der Waals surface area contributed by atoms with Gasteiger partial charge in [-0.2, -0.15) is 11.8 Å². The second kappa shape index (κ2) is 5.76. The molecule has 108 valence electrons. The quantitative estimate of drug-likeness (QED) is 0.786. The average molecular weight is 294 g/mol. The molecule has 0 radical (unpaired) electrons. The SMILES string of the molecule is COc1cccc(F)c1C(=O)C1CC2CCCC(C1)S2. The van der Waals surface area contributed by atoms with Crippen molar-refractivity contribution in [2.45, 2.75) is 42.6 Å². The van der Waals surface area contributed by atoms with Crippen molar-refractivity contribution in [3.05, 3.63) is 29.6 Å². The average Bonchev–Trinajstić information content (AvgIpc) is 2.45. The number of hydrogen-bond acceptors (Lipinski definition) is 3. The van der Waals surface area contributed by atoms with Crippen LogP contribution in [0.4, 0.5) is 4.39 Å². The van der Waals surface area contributed by atoms with E-state index in [-0.39, 0.29) is 17.3 Å². The number of thioether (sulfide) groups is 1. The molecule has 20 heavy (non-hydrogen) atoms. The molecule has 0 N–H and O–H groups in total. The van der Waals surface area contributed by atoms with Gasteiger partial charge in [0, 0.05) is 16.4 Å². The summed E-state index contributed by atoms with van der Waals surface area (Å²) in [6, 6.07) is 4.58. The highest BCUT2D eigenvalue weighted by Crippen LogP contribution is 2.45. The molecular weight excluding hydrogens is 275 g/mol. The molecule has 2 bridgehead atoms. The van der Waals surface area contributed by atoms with Crippen molar-refractivity contribution in [2.75, 3.05) is 7.11 Å². The van der Waals surface area contributed by atoms with E-state index in [2.05, 4.69) is 0 Å². The van der Waals surface area contributed by atoms with Crippen molar-refractivity contribution < 1.29 is 13.9 Å². The van der Waals surface area contributed by atoms with Gasteiger partial charge in [-0.1, -0.05) is 12.5 Å². The molecule has 0 aromatic heterocycles. The Morgan fingerprint density at radius 1 is 1.30 bits per heavy atom. The molecule has 2 nitrogen and oxygen atoms in total. The minimum atomic E-state index is -0.460. The lowest BCUT2D eigenvalue weighted by Crippen LogP contribution is -2.33. The van der Waals surface area contributed by atoms with Crippen molar-refractivity contribution in [3.63, 3.8) is 0 Å². The summed E-state index contributed by atoms with van der Waals surface area (Å²) in [5.74, 6) is -0.217. The zero-order valence-corrected chi connectivity index (χ0v) is 12.4. The van der Waals surface area contributed by atoms with Gasteiger partial charge in [-0.15, -0.1) is 0 Å². The Kier molecular flexibility index (Phi) is 4.01. The van der Waals surface area contributed by atoms with Crippen molar-refractivity contribution in [1.29, 1.82) is 0 Å². The third kappa shape index (κ3) is 2.58. The first-order chi connectivity index (χ1) is 9.69. The highest BCUT2D eigenvalue weighted by molar-refractivity contribution is 8.00. The zero-order chi connectivity index (χ0) is 14.1. The fraction of sp³-hybridized carbons (Fsp3) is 0.562. The van der Waals surface area contributed by atoms with Crippen LogP contribution < -0.4 is 4.74 Å². The van der Waals surface area contributed by atoms with Crippen molar-refractivity contribution in [2.24, 2.45) is 5.92 Å². The van der Waals surface area contributed by atoms with E-state index in [1.807, 2.05) is 11.8 Å². The Bertz CT molecular complexity index is 505. The summed E-state index contributed by atoms with van der Waals surface area (Å²) in [5, 5.41) is 1.16. The number of methoxy groups -OCH3 is 1. The van der Waals surface area contributed by atoms with Gasteiger partial charge in [0.1, 0.15) is 11.6 Å². The highest BCUT2D eigenvalue weighted by Gasteiger charge is 2.37. The lowest BCUT2D eigenvalue weighted by molar-refractivity contribution is 0.0889. The lowest BCUT2D eigenvalue weighted by atomic mass is 9.84. The van der Waals surface area contributed by atoms with E-state index in [0.717, 1.165) is 12.8 Å². The maximum atomic E-state index is 14.0. The Morgan fingerprint density at radius 3 is 2.65 bits per heavy atom. The number of halogens is 1. The van der Waals surface area contributed by atoms with Crippen LogP contribution in [0.15, 0.2) is 18.2 Å². The number of carbonyl (C=O) groups is 1. The summed E-state index contributed by atoms with van der Waals surface area (Å²) in [6.07, 6.45) is 5.43. The third-order valence-corrected chi connectivity index (χ3v) is 5.97. The predicted octanol–water partition coefficient (Wildman–Crippen LogP) is 4.08.